The molecule has 1 aromatic carbocycles. The Balaban J connectivity index is 1.79. The molecule has 0 bridgehead atoms. The summed E-state index contributed by atoms with van der Waals surface area (Å²) in [5.74, 6) is -0.649. The monoisotopic (exact) mass is 392 g/mol. The average Bonchev–Trinajstić information content (AvgIpc) is 3.17. The van der Waals surface area contributed by atoms with Gasteiger partial charge in [-0.25, -0.2) is 10.5 Å². The summed E-state index contributed by atoms with van der Waals surface area (Å²) in [4.78, 5) is 21.7. The minimum Gasteiger partial charge on any atom is -0.422 e. The second-order valence-electron chi connectivity index (χ2n) is 6.96. The quantitative estimate of drug-likeness (QED) is 0.511. The largest absolute Gasteiger partial charge is 0.422 e. The lowest BCUT2D eigenvalue weighted by Crippen LogP contribution is -2.35. The first-order valence-electron chi connectivity index (χ1n) is 8.31. The lowest BCUT2D eigenvalue weighted by molar-refractivity contribution is -0.137. The molecule has 7 nitrogen and oxygen atoms in total. The SMILES string of the molecule is CC1(C)c2cccc(C(=O)NO)c2CN1c1nc2ncc(C(F)(F)F)cc2o1. The van der Waals surface area contributed by atoms with Crippen molar-refractivity contribution in [3.05, 3.63) is 52.7 Å². The Morgan fingerprint density at radius 3 is 2.79 bits per heavy atom. The van der Waals surface area contributed by atoms with Crippen molar-refractivity contribution in [1.82, 2.24) is 15.4 Å². The second-order valence-corrected chi connectivity index (χ2v) is 6.96. The lowest BCUT2D eigenvalue weighted by Gasteiger charge is -2.30. The minimum atomic E-state index is -4.54. The zero-order valence-corrected chi connectivity index (χ0v) is 14.8. The van der Waals surface area contributed by atoms with Gasteiger partial charge >= 0.3 is 12.2 Å². The van der Waals surface area contributed by atoms with Crippen LogP contribution in [0.25, 0.3) is 11.2 Å². The van der Waals surface area contributed by atoms with Crippen molar-refractivity contribution in [3.8, 4) is 0 Å². The molecule has 0 saturated heterocycles. The molecule has 3 heterocycles. The van der Waals surface area contributed by atoms with E-state index >= 15 is 0 Å². The fourth-order valence-electron chi connectivity index (χ4n) is 3.49. The number of oxazole rings is 1. The van der Waals surface area contributed by atoms with Crippen molar-refractivity contribution < 1.29 is 27.6 Å². The summed E-state index contributed by atoms with van der Waals surface area (Å²) in [5, 5.41) is 8.98. The molecule has 1 amide bonds. The smallest absolute Gasteiger partial charge is 0.418 e. The number of hydrogen-bond donors (Lipinski definition) is 2. The van der Waals surface area contributed by atoms with Gasteiger partial charge in [-0.15, -0.1) is 0 Å². The van der Waals surface area contributed by atoms with Gasteiger partial charge in [0.05, 0.1) is 11.1 Å². The predicted molar refractivity (Wildman–Crippen MR) is 91.7 cm³/mol. The third-order valence-corrected chi connectivity index (χ3v) is 4.97. The van der Waals surface area contributed by atoms with Crippen LogP contribution in [0.4, 0.5) is 19.2 Å². The van der Waals surface area contributed by atoms with E-state index in [2.05, 4.69) is 9.97 Å². The zero-order chi connectivity index (χ0) is 20.3. The first-order chi connectivity index (χ1) is 13.1. The van der Waals surface area contributed by atoms with E-state index in [1.54, 1.807) is 22.5 Å². The van der Waals surface area contributed by atoms with E-state index in [4.69, 9.17) is 9.62 Å². The molecule has 0 spiro atoms. The van der Waals surface area contributed by atoms with Gasteiger partial charge in [0.25, 0.3) is 5.91 Å². The molecule has 10 heteroatoms. The number of benzene rings is 1. The molecular weight excluding hydrogens is 377 g/mol. The van der Waals surface area contributed by atoms with E-state index in [-0.39, 0.29) is 23.8 Å². The van der Waals surface area contributed by atoms with Gasteiger partial charge in [-0.1, -0.05) is 12.1 Å². The van der Waals surface area contributed by atoms with Crippen molar-refractivity contribution in [2.24, 2.45) is 0 Å². The van der Waals surface area contributed by atoms with E-state index in [1.807, 2.05) is 19.9 Å². The van der Waals surface area contributed by atoms with Gasteiger partial charge in [-0.3, -0.25) is 10.0 Å². The Labute approximate surface area is 156 Å². The van der Waals surface area contributed by atoms with Crippen molar-refractivity contribution in [2.45, 2.75) is 32.1 Å². The summed E-state index contributed by atoms with van der Waals surface area (Å²) in [5.41, 5.74) is 1.81. The number of alkyl halides is 3. The number of hydrogen-bond acceptors (Lipinski definition) is 6. The van der Waals surface area contributed by atoms with Crippen LogP contribution in [-0.4, -0.2) is 21.1 Å². The summed E-state index contributed by atoms with van der Waals surface area (Å²) in [6.07, 6.45) is -3.83. The molecule has 0 fully saturated rings. The number of carbonyl (C=O) groups is 1. The third-order valence-electron chi connectivity index (χ3n) is 4.97. The van der Waals surface area contributed by atoms with Crippen LogP contribution in [-0.2, 0) is 18.3 Å². The van der Waals surface area contributed by atoms with Crippen LogP contribution < -0.4 is 10.4 Å². The van der Waals surface area contributed by atoms with Crippen molar-refractivity contribution in [1.29, 1.82) is 0 Å². The van der Waals surface area contributed by atoms with E-state index < -0.39 is 23.2 Å². The average molecular weight is 392 g/mol. The van der Waals surface area contributed by atoms with Crippen molar-refractivity contribution >= 4 is 23.2 Å². The zero-order valence-electron chi connectivity index (χ0n) is 14.8. The number of aromatic nitrogens is 2. The summed E-state index contributed by atoms with van der Waals surface area (Å²) >= 11 is 0. The van der Waals surface area contributed by atoms with Gasteiger partial charge in [-0.2, -0.15) is 18.2 Å². The maximum absolute atomic E-state index is 12.9. The van der Waals surface area contributed by atoms with Gasteiger partial charge in [0.1, 0.15) is 0 Å². The number of hydroxylamine groups is 1. The number of fused-ring (bicyclic) bond motifs is 2. The van der Waals surface area contributed by atoms with Gasteiger partial charge in [-0.05, 0) is 37.1 Å². The van der Waals surface area contributed by atoms with E-state index in [9.17, 15) is 18.0 Å². The van der Waals surface area contributed by atoms with Crippen LogP contribution in [0, 0.1) is 0 Å². The van der Waals surface area contributed by atoms with E-state index in [0.29, 0.717) is 17.3 Å². The first-order valence-corrected chi connectivity index (χ1v) is 8.31. The molecule has 2 N–H and O–H groups in total. The number of rotatable bonds is 2. The summed E-state index contributed by atoms with van der Waals surface area (Å²) < 4.78 is 44.3. The molecule has 0 unspecified atom stereocenters. The molecule has 0 radical (unpaired) electrons. The molecule has 0 saturated carbocycles. The Hall–Kier alpha value is -3.14. The van der Waals surface area contributed by atoms with Crippen LogP contribution in [0.3, 0.4) is 0 Å². The molecule has 28 heavy (non-hydrogen) atoms. The molecule has 1 aliphatic heterocycles. The highest BCUT2D eigenvalue weighted by molar-refractivity contribution is 5.95. The standard InChI is InChI=1S/C18H15F3N4O3/c1-17(2)12-5-3-4-10(15(26)24-27)11(12)8-25(17)16-23-14-13(28-16)6-9(7-22-14)18(19,20)21/h3-7,27H,8H2,1-2H3,(H,24,26). The van der Waals surface area contributed by atoms with Crippen LogP contribution in [0.1, 0.15) is 40.9 Å². The summed E-state index contributed by atoms with van der Waals surface area (Å²) in [6, 6.07) is 6.06. The molecule has 4 rings (SSSR count). The molecule has 2 aromatic heterocycles. The Morgan fingerprint density at radius 2 is 2.11 bits per heavy atom. The highest BCUT2D eigenvalue weighted by Crippen LogP contribution is 2.43. The molecule has 1 aliphatic rings. The molecular formula is C18H15F3N4O3. The number of amides is 1. The number of nitrogens with zero attached hydrogens (tertiary/aromatic N) is 3. The number of carbonyl (C=O) groups excluding carboxylic acids is 1. The van der Waals surface area contributed by atoms with Crippen molar-refractivity contribution in [3.63, 3.8) is 0 Å². The maximum Gasteiger partial charge on any atom is 0.418 e. The van der Waals surface area contributed by atoms with Crippen LogP contribution >= 0.6 is 0 Å². The van der Waals surface area contributed by atoms with Gasteiger partial charge in [0.2, 0.25) is 5.65 Å². The highest BCUT2D eigenvalue weighted by Gasteiger charge is 2.42. The molecule has 146 valence electrons. The normalized spacial score (nSPS) is 15.7. The van der Waals surface area contributed by atoms with Gasteiger partial charge in [0, 0.05) is 18.3 Å². The van der Waals surface area contributed by atoms with Crippen LogP contribution in [0.5, 0.6) is 0 Å². The minimum absolute atomic E-state index is 0.0584. The van der Waals surface area contributed by atoms with Crippen LogP contribution in [0.2, 0.25) is 0 Å². The van der Waals surface area contributed by atoms with Crippen LogP contribution in [0.15, 0.2) is 34.9 Å². The lowest BCUT2D eigenvalue weighted by atomic mass is 9.91. The van der Waals surface area contributed by atoms with E-state index in [1.165, 1.54) is 0 Å². The Kier molecular flexibility index (Phi) is 3.86. The van der Waals surface area contributed by atoms with Crippen molar-refractivity contribution in [2.75, 3.05) is 4.90 Å². The van der Waals surface area contributed by atoms with Gasteiger partial charge in [0.15, 0.2) is 5.58 Å². The third kappa shape index (κ3) is 2.68. The summed E-state index contributed by atoms with van der Waals surface area (Å²) in [7, 11) is 0. The molecule has 3 aromatic rings. The summed E-state index contributed by atoms with van der Waals surface area (Å²) in [6.45, 7) is 3.98. The maximum atomic E-state index is 12.9. The molecule has 0 atom stereocenters. The fraction of sp³-hybridized carbons (Fsp3) is 0.278. The van der Waals surface area contributed by atoms with Gasteiger partial charge < -0.3 is 9.32 Å². The van der Waals surface area contributed by atoms with E-state index in [0.717, 1.165) is 11.6 Å². The number of pyridine rings is 1. The second kappa shape index (κ2) is 5.93. The predicted octanol–water partition coefficient (Wildman–Crippen LogP) is 3.62. The fourth-order valence-corrected chi connectivity index (χ4v) is 3.49. The number of halogens is 3. The Morgan fingerprint density at radius 1 is 1.36 bits per heavy atom. The first kappa shape index (κ1) is 18.2. The number of nitrogens with one attached hydrogen (secondary N) is 1. The number of anilines is 1. The topological polar surface area (TPSA) is 91.5 Å². The highest BCUT2D eigenvalue weighted by atomic mass is 19.4. The Bertz CT molecular complexity index is 1090. The molecule has 0 aliphatic carbocycles.